The quantitative estimate of drug-likeness (QED) is 0.0688. The minimum absolute atomic E-state index is 0.0537. The highest BCUT2D eigenvalue weighted by Crippen LogP contribution is 2.33. The largest absolute Gasteiger partial charge is 0.494 e. The molecule has 0 heterocycles. The first-order valence-electron chi connectivity index (χ1n) is 13.5. The second kappa shape index (κ2) is 13.8. The molecule has 0 N–H and O–H groups in total. The van der Waals surface area contributed by atoms with Crippen LogP contribution in [0.2, 0.25) is 11.7 Å². The van der Waals surface area contributed by atoms with Gasteiger partial charge in [-0.05, 0) is 49.8 Å². The van der Waals surface area contributed by atoms with E-state index in [1.165, 1.54) is 20.7 Å². The zero-order chi connectivity index (χ0) is 27.7. The fraction of sp³-hybridized carbons (Fsp3) is 0.212. The van der Waals surface area contributed by atoms with E-state index in [4.69, 9.17) is 21.1 Å². The SMILES string of the molecule is C=CC[Si](C[Si](c1ccccc1)(c1ccccc1)C(Cl)I)(c1ccc(OCC)cc1)c1ccc(OCC)cc1. The molecule has 0 aromatic heterocycles. The molecule has 0 aliphatic carbocycles. The fourth-order valence-corrected chi connectivity index (χ4v) is 24.8. The van der Waals surface area contributed by atoms with Crippen molar-refractivity contribution in [2.45, 2.75) is 28.6 Å². The lowest BCUT2D eigenvalue weighted by molar-refractivity contribution is 0.340. The molecule has 39 heavy (non-hydrogen) atoms. The molecule has 0 radical (unpaired) electrons. The first-order chi connectivity index (χ1) is 19.0. The topological polar surface area (TPSA) is 18.5 Å². The lowest BCUT2D eigenvalue weighted by Gasteiger charge is -2.43. The number of hydrogen-bond acceptors (Lipinski definition) is 2. The summed E-state index contributed by atoms with van der Waals surface area (Å²) in [4.78, 5) is 0. The van der Waals surface area contributed by atoms with Gasteiger partial charge in [0.05, 0.1) is 16.2 Å². The first-order valence-corrected chi connectivity index (χ1v) is 19.8. The van der Waals surface area contributed by atoms with E-state index in [0.717, 1.165) is 23.2 Å². The monoisotopic (exact) mass is 682 g/mol. The Morgan fingerprint density at radius 1 is 0.692 bits per heavy atom. The van der Waals surface area contributed by atoms with Crippen LogP contribution in [0.5, 0.6) is 11.5 Å². The predicted octanol–water partition coefficient (Wildman–Crippen LogP) is 6.57. The van der Waals surface area contributed by atoms with Crippen molar-refractivity contribution >= 4 is 71.1 Å². The molecule has 4 aromatic rings. The summed E-state index contributed by atoms with van der Waals surface area (Å²) in [6.07, 6.45) is 2.12. The summed E-state index contributed by atoms with van der Waals surface area (Å²) in [5.41, 5.74) is 1.01. The maximum absolute atomic E-state index is 7.39. The molecule has 2 nitrogen and oxygen atoms in total. The summed E-state index contributed by atoms with van der Waals surface area (Å²) in [6.45, 7) is 9.61. The molecule has 4 aromatic carbocycles. The third-order valence-electron chi connectivity index (χ3n) is 7.46. The zero-order valence-corrected chi connectivity index (χ0v) is 27.6. The van der Waals surface area contributed by atoms with Gasteiger partial charge in [0, 0.05) is 0 Å². The van der Waals surface area contributed by atoms with Crippen LogP contribution in [0.1, 0.15) is 13.8 Å². The van der Waals surface area contributed by atoms with E-state index in [9.17, 15) is 0 Å². The highest BCUT2D eigenvalue weighted by atomic mass is 127. The van der Waals surface area contributed by atoms with E-state index in [-0.39, 0.29) is 3.01 Å². The molecule has 0 aliphatic rings. The van der Waals surface area contributed by atoms with Crippen molar-refractivity contribution in [3.63, 3.8) is 0 Å². The molecule has 6 heteroatoms. The van der Waals surface area contributed by atoms with Crippen molar-refractivity contribution in [2.24, 2.45) is 0 Å². The number of ether oxygens (including phenoxy) is 2. The summed E-state index contributed by atoms with van der Waals surface area (Å²) in [6, 6.07) is 40.5. The Bertz CT molecular complexity index is 1220. The van der Waals surface area contributed by atoms with Gasteiger partial charge in [0.2, 0.25) is 0 Å². The Morgan fingerprint density at radius 2 is 1.10 bits per heavy atom. The summed E-state index contributed by atoms with van der Waals surface area (Å²) < 4.78 is 11.6. The smallest absolute Gasteiger partial charge is 0.146 e. The highest BCUT2D eigenvalue weighted by molar-refractivity contribution is 14.1. The van der Waals surface area contributed by atoms with Crippen LogP contribution in [-0.2, 0) is 0 Å². The minimum atomic E-state index is -2.52. The van der Waals surface area contributed by atoms with Gasteiger partial charge >= 0.3 is 0 Å². The maximum atomic E-state index is 7.39. The van der Waals surface area contributed by atoms with Crippen molar-refractivity contribution in [3.05, 3.63) is 122 Å². The standard InChI is InChI=1S/C33H36ClIO2Si2/c1-4-25-38(29-21-17-27(18-22-29)36-5-2,30-23-19-28(20-24-30)37-6-3)26-39(33(34)35,31-13-9-7-10-14-31)32-15-11-8-12-16-32/h4,7-24,33H,1,5-6,25-26H2,2-3H3. The van der Waals surface area contributed by atoms with Crippen molar-refractivity contribution in [2.75, 3.05) is 13.2 Å². The first kappa shape index (κ1) is 29.7. The molecule has 4 rings (SSSR count). The van der Waals surface area contributed by atoms with Crippen LogP contribution in [0.3, 0.4) is 0 Å². The number of alkyl halides is 2. The Labute approximate surface area is 254 Å². The van der Waals surface area contributed by atoms with Crippen LogP contribution in [0, 0.1) is 0 Å². The second-order valence-corrected chi connectivity index (χ2v) is 22.4. The van der Waals surface area contributed by atoms with Crippen molar-refractivity contribution in [1.29, 1.82) is 0 Å². The molecule has 0 fully saturated rings. The number of benzene rings is 4. The molecule has 0 spiro atoms. The fourth-order valence-electron chi connectivity index (χ4n) is 5.65. The Morgan fingerprint density at radius 3 is 1.44 bits per heavy atom. The van der Waals surface area contributed by atoms with E-state index < -0.39 is 16.1 Å². The van der Waals surface area contributed by atoms with Gasteiger partial charge < -0.3 is 9.47 Å². The van der Waals surface area contributed by atoms with Gasteiger partial charge in [-0.1, -0.05) is 134 Å². The number of rotatable bonds is 13. The average molecular weight is 683 g/mol. The third-order valence-corrected chi connectivity index (χ3v) is 23.7. The van der Waals surface area contributed by atoms with Crippen LogP contribution in [0.15, 0.2) is 122 Å². The number of hydrogen-bond donors (Lipinski definition) is 0. The third kappa shape index (κ3) is 6.37. The van der Waals surface area contributed by atoms with Gasteiger partial charge in [0.1, 0.15) is 27.6 Å². The Hall–Kier alpha value is -2.33. The number of allylic oxidation sites excluding steroid dienone is 1. The zero-order valence-electron chi connectivity index (χ0n) is 22.7. The summed E-state index contributed by atoms with van der Waals surface area (Å²) in [5.74, 6) is 1.79. The van der Waals surface area contributed by atoms with Gasteiger partial charge in [0.25, 0.3) is 0 Å². The lowest BCUT2D eigenvalue weighted by Crippen LogP contribution is -2.72. The summed E-state index contributed by atoms with van der Waals surface area (Å²) >= 11 is 9.88. The summed E-state index contributed by atoms with van der Waals surface area (Å²) in [7, 11) is -4.98. The lowest BCUT2D eigenvalue weighted by atomic mass is 10.3. The van der Waals surface area contributed by atoms with Gasteiger partial charge in [-0.2, -0.15) is 0 Å². The van der Waals surface area contributed by atoms with Crippen molar-refractivity contribution in [1.82, 2.24) is 0 Å². The van der Waals surface area contributed by atoms with Crippen LogP contribution in [0.4, 0.5) is 0 Å². The number of halogens is 2. The molecule has 0 saturated heterocycles. The van der Waals surface area contributed by atoms with Crippen molar-refractivity contribution < 1.29 is 9.47 Å². The van der Waals surface area contributed by atoms with E-state index in [2.05, 4.69) is 144 Å². The Balaban J connectivity index is 2.01. The molecule has 202 valence electrons. The minimum Gasteiger partial charge on any atom is -0.494 e. The second-order valence-electron chi connectivity index (χ2n) is 9.67. The van der Waals surface area contributed by atoms with Crippen LogP contribution >= 0.6 is 34.2 Å². The van der Waals surface area contributed by atoms with Crippen LogP contribution in [-0.4, -0.2) is 32.4 Å². The normalized spacial score (nSPS) is 12.5. The molecule has 0 aliphatic heterocycles. The van der Waals surface area contributed by atoms with E-state index in [1.54, 1.807) is 0 Å². The van der Waals surface area contributed by atoms with Crippen molar-refractivity contribution in [3.8, 4) is 11.5 Å². The van der Waals surface area contributed by atoms with E-state index in [0.29, 0.717) is 13.2 Å². The van der Waals surface area contributed by atoms with Crippen LogP contribution < -0.4 is 30.2 Å². The average Bonchev–Trinajstić information content (AvgIpc) is 2.97. The van der Waals surface area contributed by atoms with E-state index >= 15 is 0 Å². The Kier molecular flexibility index (Phi) is 10.5. The molecule has 0 amide bonds. The van der Waals surface area contributed by atoms with Gasteiger partial charge in [-0.25, -0.2) is 0 Å². The molecule has 0 bridgehead atoms. The highest BCUT2D eigenvalue weighted by Gasteiger charge is 2.51. The van der Waals surface area contributed by atoms with Gasteiger partial charge in [0.15, 0.2) is 0 Å². The van der Waals surface area contributed by atoms with E-state index in [1.807, 2.05) is 13.8 Å². The summed E-state index contributed by atoms with van der Waals surface area (Å²) in [5, 5.41) is 5.46. The van der Waals surface area contributed by atoms with Gasteiger partial charge in [-0.3, -0.25) is 0 Å². The molecular formula is C33H36ClIO2Si2. The molecule has 0 saturated carbocycles. The maximum Gasteiger partial charge on any atom is 0.146 e. The van der Waals surface area contributed by atoms with Crippen LogP contribution in [0.25, 0.3) is 0 Å². The molecule has 1 atom stereocenters. The molecule has 1 unspecified atom stereocenters. The molecular weight excluding hydrogens is 647 g/mol. The predicted molar refractivity (Wildman–Crippen MR) is 182 cm³/mol. The van der Waals surface area contributed by atoms with Gasteiger partial charge in [-0.15, -0.1) is 18.2 Å².